The fourth-order valence-electron chi connectivity index (χ4n) is 1.67. The lowest BCUT2D eigenvalue weighted by molar-refractivity contribution is -0.146. The molecule has 0 aromatic heterocycles. The smallest absolute Gasteiger partial charge is 0.310 e. The summed E-state index contributed by atoms with van der Waals surface area (Å²) in [5.74, 6) is -2.40. The second kappa shape index (κ2) is 2.47. The summed E-state index contributed by atoms with van der Waals surface area (Å²) in [6.07, 6.45) is 0. The van der Waals surface area contributed by atoms with Crippen LogP contribution in [0.1, 0.15) is 13.8 Å². The highest BCUT2D eigenvalue weighted by Gasteiger charge is 2.66. The van der Waals surface area contributed by atoms with Gasteiger partial charge in [0.05, 0.1) is 18.9 Å². The van der Waals surface area contributed by atoms with E-state index in [-0.39, 0.29) is 0 Å². The molecule has 0 aromatic carbocycles. The summed E-state index contributed by atoms with van der Waals surface area (Å²) in [6, 6.07) is 0. The number of aliphatic carboxylic acids is 1. The van der Waals surface area contributed by atoms with Crippen LogP contribution in [0.3, 0.4) is 0 Å². The fourth-order valence-corrected chi connectivity index (χ4v) is 1.67. The molecule has 0 radical (unpaired) electrons. The van der Waals surface area contributed by atoms with Crippen molar-refractivity contribution in [2.75, 3.05) is 7.11 Å². The van der Waals surface area contributed by atoms with Crippen LogP contribution >= 0.6 is 0 Å². The zero-order valence-electron chi connectivity index (χ0n) is 7.33. The summed E-state index contributed by atoms with van der Waals surface area (Å²) in [5.41, 5.74) is -0.446. The lowest BCUT2D eigenvalue weighted by Crippen LogP contribution is -2.09. The van der Waals surface area contributed by atoms with Crippen molar-refractivity contribution in [3.8, 4) is 0 Å². The highest BCUT2D eigenvalue weighted by Crippen LogP contribution is 2.58. The summed E-state index contributed by atoms with van der Waals surface area (Å²) in [6.45, 7) is 3.51. The van der Waals surface area contributed by atoms with Crippen LogP contribution in [-0.4, -0.2) is 24.2 Å². The molecule has 4 heteroatoms. The summed E-state index contributed by atoms with van der Waals surface area (Å²) in [4.78, 5) is 21.6. The molecule has 0 bridgehead atoms. The number of carbonyl (C=O) groups is 2. The maximum Gasteiger partial charge on any atom is 0.310 e. The largest absolute Gasteiger partial charge is 0.481 e. The minimum atomic E-state index is -0.921. The van der Waals surface area contributed by atoms with Crippen molar-refractivity contribution >= 4 is 11.9 Å². The van der Waals surface area contributed by atoms with Crippen LogP contribution in [0.15, 0.2) is 0 Å². The topological polar surface area (TPSA) is 63.6 Å². The van der Waals surface area contributed by atoms with Crippen molar-refractivity contribution < 1.29 is 19.4 Å². The van der Waals surface area contributed by atoms with Gasteiger partial charge in [-0.25, -0.2) is 0 Å². The molecule has 12 heavy (non-hydrogen) atoms. The fraction of sp³-hybridized carbons (Fsp3) is 0.750. The maximum absolute atomic E-state index is 11.0. The molecule has 0 heterocycles. The molecule has 4 nitrogen and oxygen atoms in total. The Kier molecular flexibility index (Phi) is 1.86. The van der Waals surface area contributed by atoms with Gasteiger partial charge in [0.25, 0.3) is 0 Å². The first kappa shape index (κ1) is 9.03. The second-order valence-corrected chi connectivity index (χ2v) is 3.64. The van der Waals surface area contributed by atoms with Crippen LogP contribution in [0.2, 0.25) is 0 Å². The minimum Gasteiger partial charge on any atom is -0.481 e. The van der Waals surface area contributed by atoms with Crippen LogP contribution in [0.25, 0.3) is 0 Å². The second-order valence-electron chi connectivity index (χ2n) is 3.64. The molecule has 2 atom stereocenters. The Labute approximate surface area is 70.5 Å². The molecule has 0 saturated heterocycles. The maximum atomic E-state index is 11.0. The Hall–Kier alpha value is -1.06. The van der Waals surface area contributed by atoms with E-state index >= 15 is 0 Å². The third kappa shape index (κ3) is 1.07. The number of ether oxygens (including phenoxy) is 1. The number of hydrogen-bond acceptors (Lipinski definition) is 3. The third-order valence-corrected chi connectivity index (χ3v) is 2.55. The summed E-state index contributed by atoms with van der Waals surface area (Å²) in [5, 5.41) is 8.70. The van der Waals surface area contributed by atoms with Gasteiger partial charge in [-0.05, 0) is 5.41 Å². The van der Waals surface area contributed by atoms with E-state index in [9.17, 15) is 9.59 Å². The number of hydrogen-bond donors (Lipinski definition) is 1. The number of carboxylic acid groups (broad SMARTS) is 1. The molecular weight excluding hydrogens is 160 g/mol. The Morgan fingerprint density at radius 2 is 1.83 bits per heavy atom. The highest BCUT2D eigenvalue weighted by atomic mass is 16.5. The quantitative estimate of drug-likeness (QED) is 0.616. The third-order valence-electron chi connectivity index (χ3n) is 2.55. The van der Waals surface area contributed by atoms with Gasteiger partial charge in [-0.3, -0.25) is 9.59 Å². The number of rotatable bonds is 2. The molecule has 0 aliphatic heterocycles. The lowest BCUT2D eigenvalue weighted by Gasteiger charge is -1.98. The van der Waals surface area contributed by atoms with Gasteiger partial charge in [-0.2, -0.15) is 0 Å². The van der Waals surface area contributed by atoms with E-state index in [1.54, 1.807) is 13.8 Å². The number of carboxylic acids is 1. The van der Waals surface area contributed by atoms with Gasteiger partial charge in [0.1, 0.15) is 0 Å². The van der Waals surface area contributed by atoms with E-state index in [0.29, 0.717) is 0 Å². The van der Waals surface area contributed by atoms with Crippen molar-refractivity contribution in [2.45, 2.75) is 13.8 Å². The first-order valence-corrected chi connectivity index (χ1v) is 3.73. The molecule has 2 unspecified atom stereocenters. The average molecular weight is 172 g/mol. The Bertz CT molecular complexity index is 231. The van der Waals surface area contributed by atoms with Crippen molar-refractivity contribution in [3.05, 3.63) is 0 Å². The van der Waals surface area contributed by atoms with Crippen LogP contribution < -0.4 is 0 Å². The van der Waals surface area contributed by atoms with E-state index in [2.05, 4.69) is 4.74 Å². The van der Waals surface area contributed by atoms with Gasteiger partial charge in [0.2, 0.25) is 0 Å². The summed E-state index contributed by atoms with van der Waals surface area (Å²) >= 11 is 0. The van der Waals surface area contributed by atoms with Crippen molar-refractivity contribution in [2.24, 2.45) is 17.3 Å². The van der Waals surface area contributed by atoms with E-state index in [1.807, 2.05) is 0 Å². The Balaban J connectivity index is 2.73. The van der Waals surface area contributed by atoms with E-state index in [0.717, 1.165) is 0 Å². The van der Waals surface area contributed by atoms with Crippen LogP contribution in [0, 0.1) is 17.3 Å². The van der Waals surface area contributed by atoms with Crippen LogP contribution in [0.4, 0.5) is 0 Å². The number of esters is 1. The van der Waals surface area contributed by atoms with Crippen LogP contribution in [0.5, 0.6) is 0 Å². The van der Waals surface area contributed by atoms with Gasteiger partial charge in [-0.15, -0.1) is 0 Å². The standard InChI is InChI=1S/C8H12O4/c1-8(2)4(6(9)10)5(8)7(11)12-3/h4-5H,1-3H3,(H,9,10). The summed E-state index contributed by atoms with van der Waals surface area (Å²) in [7, 11) is 1.27. The molecule has 1 fully saturated rings. The van der Waals surface area contributed by atoms with Crippen LogP contribution in [-0.2, 0) is 14.3 Å². The molecule has 1 N–H and O–H groups in total. The van der Waals surface area contributed by atoms with Gasteiger partial charge >= 0.3 is 11.9 Å². The van der Waals surface area contributed by atoms with Gasteiger partial charge < -0.3 is 9.84 Å². The summed E-state index contributed by atoms with van der Waals surface area (Å²) < 4.78 is 4.49. The monoisotopic (exact) mass is 172 g/mol. The van der Waals surface area contributed by atoms with Gasteiger partial charge in [0, 0.05) is 0 Å². The Morgan fingerprint density at radius 3 is 2.08 bits per heavy atom. The van der Waals surface area contributed by atoms with Gasteiger partial charge in [0.15, 0.2) is 0 Å². The van der Waals surface area contributed by atoms with E-state index < -0.39 is 29.2 Å². The van der Waals surface area contributed by atoms with Crippen molar-refractivity contribution in [1.82, 2.24) is 0 Å². The van der Waals surface area contributed by atoms with Crippen molar-refractivity contribution in [3.63, 3.8) is 0 Å². The zero-order chi connectivity index (χ0) is 9.52. The minimum absolute atomic E-state index is 0.424. The molecule has 0 amide bonds. The van der Waals surface area contributed by atoms with E-state index in [1.165, 1.54) is 7.11 Å². The molecule has 1 aliphatic carbocycles. The molecular formula is C8H12O4. The first-order valence-electron chi connectivity index (χ1n) is 3.73. The Morgan fingerprint density at radius 1 is 1.33 bits per heavy atom. The molecule has 68 valence electrons. The van der Waals surface area contributed by atoms with Crippen molar-refractivity contribution in [1.29, 1.82) is 0 Å². The average Bonchev–Trinajstić information content (AvgIpc) is 2.52. The predicted octanol–water partition coefficient (Wildman–Crippen LogP) is 0.516. The highest BCUT2D eigenvalue weighted by molar-refractivity contribution is 5.88. The molecule has 0 aromatic rings. The molecule has 1 rings (SSSR count). The lowest BCUT2D eigenvalue weighted by atomic mass is 10.1. The molecule has 1 saturated carbocycles. The zero-order valence-corrected chi connectivity index (χ0v) is 7.33. The van der Waals surface area contributed by atoms with E-state index in [4.69, 9.17) is 5.11 Å². The molecule has 0 spiro atoms. The molecule has 1 aliphatic rings. The SMILES string of the molecule is COC(=O)C1C(C(=O)O)C1(C)C. The normalized spacial score (nSPS) is 30.9. The first-order chi connectivity index (χ1) is 5.42. The predicted molar refractivity (Wildman–Crippen MR) is 40.4 cm³/mol. The van der Waals surface area contributed by atoms with Gasteiger partial charge in [-0.1, -0.05) is 13.8 Å². The number of carbonyl (C=O) groups excluding carboxylic acids is 1. The number of methoxy groups -OCH3 is 1.